The predicted molar refractivity (Wildman–Crippen MR) is 110 cm³/mol. The third-order valence-corrected chi connectivity index (χ3v) is 5.06. The van der Waals surface area contributed by atoms with Crippen LogP contribution in [0.3, 0.4) is 0 Å². The van der Waals surface area contributed by atoms with Crippen molar-refractivity contribution in [3.63, 3.8) is 0 Å². The number of esters is 1. The molecular formula is C23H24ClNO3. The molecule has 2 aromatic carbocycles. The molecule has 0 spiro atoms. The lowest BCUT2D eigenvalue weighted by molar-refractivity contribution is -0.143. The Bertz CT molecular complexity index is 905. The molecule has 0 saturated carbocycles. The fourth-order valence-corrected chi connectivity index (χ4v) is 3.72. The molecule has 146 valence electrons. The predicted octanol–water partition coefficient (Wildman–Crippen LogP) is 5.08. The first-order valence-electron chi connectivity index (χ1n) is 9.38. The Balaban J connectivity index is 2.04. The summed E-state index contributed by atoms with van der Waals surface area (Å²) in [5.41, 5.74) is 3.01. The number of rotatable bonds is 5. The van der Waals surface area contributed by atoms with Gasteiger partial charge in [-0.2, -0.15) is 0 Å². The highest BCUT2D eigenvalue weighted by molar-refractivity contribution is 6.30. The van der Waals surface area contributed by atoms with Gasteiger partial charge in [0.15, 0.2) is 0 Å². The summed E-state index contributed by atoms with van der Waals surface area (Å²) >= 11 is 6.16. The highest BCUT2D eigenvalue weighted by Gasteiger charge is 2.37. The molecule has 3 rings (SSSR count). The maximum Gasteiger partial charge on any atom is 0.336 e. The number of hydrogen-bond acceptors (Lipinski definition) is 3. The monoisotopic (exact) mass is 397 g/mol. The molecule has 0 N–H and O–H groups in total. The Morgan fingerprint density at radius 2 is 1.89 bits per heavy atom. The number of halogens is 1. The van der Waals surface area contributed by atoms with Crippen LogP contribution in [0.15, 0.2) is 65.9 Å². The molecule has 1 heterocycles. The number of benzene rings is 2. The number of hydrogen-bond donors (Lipinski definition) is 0. The van der Waals surface area contributed by atoms with Gasteiger partial charge in [0, 0.05) is 23.1 Å². The lowest BCUT2D eigenvalue weighted by atomic mass is 9.83. The second kappa shape index (κ2) is 8.61. The van der Waals surface area contributed by atoms with E-state index < -0.39 is 0 Å². The van der Waals surface area contributed by atoms with Crippen LogP contribution < -0.4 is 0 Å². The SMILES string of the molecule is CC1=C(C(=O)OC(C)C)[C@H](c2cccc(Cl)c2)CC(=O)N1Cc1ccccc1. The summed E-state index contributed by atoms with van der Waals surface area (Å²) in [7, 11) is 0. The molecule has 5 heteroatoms. The van der Waals surface area contributed by atoms with Crippen molar-refractivity contribution in [2.75, 3.05) is 0 Å². The van der Waals surface area contributed by atoms with Gasteiger partial charge >= 0.3 is 5.97 Å². The minimum absolute atomic E-state index is 0.0209. The second-order valence-corrected chi connectivity index (χ2v) is 7.67. The van der Waals surface area contributed by atoms with E-state index in [1.54, 1.807) is 11.0 Å². The number of carbonyl (C=O) groups is 2. The maximum absolute atomic E-state index is 13.0. The molecule has 0 unspecified atom stereocenters. The number of carbonyl (C=O) groups excluding carboxylic acids is 2. The van der Waals surface area contributed by atoms with Crippen LogP contribution in [-0.4, -0.2) is 22.9 Å². The van der Waals surface area contributed by atoms with E-state index in [1.165, 1.54) is 0 Å². The van der Waals surface area contributed by atoms with Gasteiger partial charge in [0.2, 0.25) is 5.91 Å². The zero-order valence-corrected chi connectivity index (χ0v) is 17.1. The second-order valence-electron chi connectivity index (χ2n) is 7.23. The number of amides is 1. The highest BCUT2D eigenvalue weighted by atomic mass is 35.5. The maximum atomic E-state index is 13.0. The van der Waals surface area contributed by atoms with Gasteiger partial charge < -0.3 is 9.64 Å². The smallest absolute Gasteiger partial charge is 0.336 e. The van der Waals surface area contributed by atoms with Crippen molar-refractivity contribution in [1.82, 2.24) is 4.90 Å². The average Bonchev–Trinajstić information content (AvgIpc) is 2.64. The molecule has 4 nitrogen and oxygen atoms in total. The minimum Gasteiger partial charge on any atom is -0.460 e. The van der Waals surface area contributed by atoms with Gasteiger partial charge in [0.1, 0.15) is 0 Å². The molecule has 1 aliphatic rings. The fraction of sp³-hybridized carbons (Fsp3) is 0.304. The molecule has 0 saturated heterocycles. The molecular weight excluding hydrogens is 374 g/mol. The molecule has 0 radical (unpaired) electrons. The van der Waals surface area contributed by atoms with Gasteiger partial charge in [-0.05, 0) is 44.0 Å². The van der Waals surface area contributed by atoms with Crippen molar-refractivity contribution >= 4 is 23.5 Å². The van der Waals surface area contributed by atoms with Crippen LogP contribution in [-0.2, 0) is 20.9 Å². The summed E-state index contributed by atoms with van der Waals surface area (Å²) in [6.45, 7) is 5.87. The first-order chi connectivity index (χ1) is 13.4. The van der Waals surface area contributed by atoms with Gasteiger partial charge in [-0.15, -0.1) is 0 Å². The fourth-order valence-electron chi connectivity index (χ4n) is 3.52. The molecule has 0 fully saturated rings. The van der Waals surface area contributed by atoms with Crippen LogP contribution in [0.25, 0.3) is 0 Å². The lowest BCUT2D eigenvalue weighted by Crippen LogP contribution is -2.38. The lowest BCUT2D eigenvalue weighted by Gasteiger charge is -2.35. The van der Waals surface area contributed by atoms with E-state index in [9.17, 15) is 9.59 Å². The van der Waals surface area contributed by atoms with E-state index in [0.717, 1.165) is 11.1 Å². The van der Waals surface area contributed by atoms with Crippen molar-refractivity contribution in [2.45, 2.75) is 45.8 Å². The Kier molecular flexibility index (Phi) is 6.20. The third-order valence-electron chi connectivity index (χ3n) is 4.82. The molecule has 1 atom stereocenters. The summed E-state index contributed by atoms with van der Waals surface area (Å²) in [5, 5.41) is 0.575. The van der Waals surface area contributed by atoms with E-state index in [1.807, 2.05) is 69.3 Å². The Labute approximate surface area is 170 Å². The molecule has 0 aliphatic carbocycles. The van der Waals surface area contributed by atoms with E-state index >= 15 is 0 Å². The van der Waals surface area contributed by atoms with Gasteiger partial charge in [0.05, 0.1) is 18.2 Å². The van der Waals surface area contributed by atoms with E-state index in [-0.39, 0.29) is 30.3 Å². The van der Waals surface area contributed by atoms with Crippen LogP contribution in [0.5, 0.6) is 0 Å². The third kappa shape index (κ3) is 4.45. The zero-order valence-electron chi connectivity index (χ0n) is 16.3. The van der Waals surface area contributed by atoms with E-state index in [2.05, 4.69) is 0 Å². The van der Waals surface area contributed by atoms with Gasteiger partial charge in [-0.25, -0.2) is 4.79 Å². The topological polar surface area (TPSA) is 46.6 Å². The number of nitrogens with zero attached hydrogens (tertiary/aromatic N) is 1. The minimum atomic E-state index is -0.386. The number of allylic oxidation sites excluding steroid dienone is 1. The first kappa shape index (κ1) is 20.2. The molecule has 0 aromatic heterocycles. The summed E-state index contributed by atoms with van der Waals surface area (Å²) in [5.74, 6) is -0.778. The molecule has 0 bridgehead atoms. The quantitative estimate of drug-likeness (QED) is 0.661. The summed E-state index contributed by atoms with van der Waals surface area (Å²) < 4.78 is 5.51. The van der Waals surface area contributed by atoms with Crippen molar-refractivity contribution < 1.29 is 14.3 Å². The van der Waals surface area contributed by atoms with Gasteiger partial charge in [-0.1, -0.05) is 54.1 Å². The summed E-state index contributed by atoms with van der Waals surface area (Å²) in [4.78, 5) is 27.6. The van der Waals surface area contributed by atoms with E-state index in [0.29, 0.717) is 22.8 Å². The standard InChI is InChI=1S/C23H24ClNO3/c1-15(2)28-23(27)22-16(3)25(14-17-8-5-4-6-9-17)21(26)13-20(22)18-10-7-11-19(24)12-18/h4-12,15,20H,13-14H2,1-3H3/t20-/m0/s1. The Hall–Kier alpha value is -2.59. The Morgan fingerprint density at radius 1 is 1.18 bits per heavy atom. The van der Waals surface area contributed by atoms with Crippen LogP contribution in [0.4, 0.5) is 0 Å². The van der Waals surface area contributed by atoms with Crippen LogP contribution in [0.2, 0.25) is 5.02 Å². The molecule has 2 aromatic rings. The van der Waals surface area contributed by atoms with Crippen LogP contribution in [0.1, 0.15) is 44.2 Å². The van der Waals surface area contributed by atoms with E-state index in [4.69, 9.17) is 16.3 Å². The largest absolute Gasteiger partial charge is 0.460 e. The van der Waals surface area contributed by atoms with Crippen molar-refractivity contribution in [1.29, 1.82) is 0 Å². The highest BCUT2D eigenvalue weighted by Crippen LogP contribution is 2.38. The summed E-state index contributed by atoms with van der Waals surface area (Å²) in [6.07, 6.45) is -0.0411. The number of ether oxygens (including phenoxy) is 1. The van der Waals surface area contributed by atoms with Gasteiger partial charge in [0.25, 0.3) is 0 Å². The first-order valence-corrected chi connectivity index (χ1v) is 9.76. The van der Waals surface area contributed by atoms with Crippen molar-refractivity contribution in [3.05, 3.63) is 82.0 Å². The molecule has 1 aliphatic heterocycles. The Morgan fingerprint density at radius 3 is 2.54 bits per heavy atom. The molecule has 1 amide bonds. The van der Waals surface area contributed by atoms with Gasteiger partial charge in [-0.3, -0.25) is 4.79 Å². The van der Waals surface area contributed by atoms with Crippen LogP contribution >= 0.6 is 11.6 Å². The average molecular weight is 398 g/mol. The zero-order chi connectivity index (χ0) is 20.3. The normalized spacial score (nSPS) is 17.2. The summed E-state index contributed by atoms with van der Waals surface area (Å²) in [6, 6.07) is 17.1. The van der Waals surface area contributed by atoms with Crippen molar-refractivity contribution in [3.8, 4) is 0 Å². The van der Waals surface area contributed by atoms with Crippen LogP contribution in [0, 0.1) is 0 Å². The molecule has 28 heavy (non-hydrogen) atoms. The van der Waals surface area contributed by atoms with Crippen molar-refractivity contribution in [2.24, 2.45) is 0 Å².